The van der Waals surface area contributed by atoms with Crippen molar-refractivity contribution in [3.05, 3.63) is 33.8 Å². The first-order valence-corrected chi connectivity index (χ1v) is 9.16. The molecule has 2 saturated heterocycles. The Morgan fingerprint density at radius 3 is 2.75 bits per heavy atom. The molecule has 1 unspecified atom stereocenters. The van der Waals surface area contributed by atoms with Crippen LogP contribution < -0.4 is 10.6 Å². The maximum absolute atomic E-state index is 12.2. The van der Waals surface area contributed by atoms with Crippen LogP contribution in [0.3, 0.4) is 0 Å². The molecule has 0 aliphatic carbocycles. The van der Waals surface area contributed by atoms with Crippen LogP contribution in [0, 0.1) is 0 Å². The van der Waals surface area contributed by atoms with E-state index in [0.717, 1.165) is 44.6 Å². The van der Waals surface area contributed by atoms with Gasteiger partial charge in [-0.15, -0.1) is 0 Å². The van der Waals surface area contributed by atoms with E-state index in [-0.39, 0.29) is 18.1 Å². The normalized spacial score (nSPS) is 23.2. The summed E-state index contributed by atoms with van der Waals surface area (Å²) in [5.41, 5.74) is 1.16. The number of carbonyl (C=O) groups is 1. The van der Waals surface area contributed by atoms with E-state index in [4.69, 9.17) is 27.9 Å². The summed E-state index contributed by atoms with van der Waals surface area (Å²) >= 11 is 12.0. The molecule has 132 valence electrons. The largest absolute Gasteiger partial charge is 0.366 e. The Morgan fingerprint density at radius 2 is 2.08 bits per heavy atom. The van der Waals surface area contributed by atoms with E-state index < -0.39 is 0 Å². The van der Waals surface area contributed by atoms with Gasteiger partial charge in [0.25, 0.3) is 5.91 Å². The van der Waals surface area contributed by atoms with Crippen LogP contribution in [0.2, 0.25) is 10.0 Å². The van der Waals surface area contributed by atoms with Crippen molar-refractivity contribution in [1.29, 1.82) is 0 Å². The first-order valence-electron chi connectivity index (χ1n) is 8.41. The van der Waals surface area contributed by atoms with E-state index in [2.05, 4.69) is 15.5 Å². The minimum Gasteiger partial charge on any atom is -0.366 e. The topological polar surface area (TPSA) is 53.6 Å². The van der Waals surface area contributed by atoms with E-state index in [1.165, 1.54) is 0 Å². The molecule has 2 heterocycles. The van der Waals surface area contributed by atoms with Gasteiger partial charge in [-0.1, -0.05) is 29.3 Å². The number of nitrogens with zero attached hydrogens (tertiary/aromatic N) is 1. The molecule has 2 fully saturated rings. The van der Waals surface area contributed by atoms with Gasteiger partial charge >= 0.3 is 0 Å². The number of rotatable bonds is 4. The number of nitrogens with one attached hydrogen (secondary N) is 2. The first-order chi connectivity index (χ1) is 11.6. The smallest absolute Gasteiger partial charge is 0.250 e. The molecule has 24 heavy (non-hydrogen) atoms. The summed E-state index contributed by atoms with van der Waals surface area (Å²) in [6.07, 6.45) is 1.55. The Hall–Kier alpha value is -0.850. The van der Waals surface area contributed by atoms with Crippen LogP contribution in [0.15, 0.2) is 18.2 Å². The molecule has 0 saturated carbocycles. The van der Waals surface area contributed by atoms with Crippen LogP contribution >= 0.6 is 23.2 Å². The molecule has 2 N–H and O–H groups in total. The Kier molecular flexibility index (Phi) is 6.36. The van der Waals surface area contributed by atoms with Crippen molar-refractivity contribution >= 4 is 29.1 Å². The van der Waals surface area contributed by atoms with Gasteiger partial charge in [0, 0.05) is 38.8 Å². The van der Waals surface area contributed by atoms with E-state index in [1.54, 1.807) is 0 Å². The van der Waals surface area contributed by atoms with Gasteiger partial charge < -0.3 is 15.4 Å². The van der Waals surface area contributed by atoms with Gasteiger partial charge in [-0.2, -0.15) is 0 Å². The highest BCUT2D eigenvalue weighted by Crippen LogP contribution is 2.24. The fourth-order valence-electron chi connectivity index (χ4n) is 3.16. The Balaban J connectivity index is 1.43. The molecule has 0 aromatic heterocycles. The van der Waals surface area contributed by atoms with E-state index in [9.17, 15) is 4.79 Å². The van der Waals surface area contributed by atoms with E-state index in [0.29, 0.717) is 23.2 Å². The van der Waals surface area contributed by atoms with Crippen molar-refractivity contribution < 1.29 is 9.53 Å². The summed E-state index contributed by atoms with van der Waals surface area (Å²) in [4.78, 5) is 14.6. The van der Waals surface area contributed by atoms with Gasteiger partial charge in [0.15, 0.2) is 0 Å². The average Bonchev–Trinajstić information content (AvgIpc) is 2.61. The summed E-state index contributed by atoms with van der Waals surface area (Å²) in [5, 5.41) is 7.48. The number of morpholine rings is 1. The third-order valence-electron chi connectivity index (χ3n) is 4.54. The van der Waals surface area contributed by atoms with Crippen molar-refractivity contribution in [1.82, 2.24) is 15.5 Å². The number of hydrogen-bond acceptors (Lipinski definition) is 4. The van der Waals surface area contributed by atoms with E-state index in [1.807, 2.05) is 18.2 Å². The third-order valence-corrected chi connectivity index (χ3v) is 5.28. The summed E-state index contributed by atoms with van der Waals surface area (Å²) in [7, 11) is 0. The second-order valence-corrected chi connectivity index (χ2v) is 7.19. The molecule has 1 aromatic carbocycles. The number of benzene rings is 1. The summed E-state index contributed by atoms with van der Waals surface area (Å²) < 4.78 is 5.49. The molecule has 1 amide bonds. The summed E-state index contributed by atoms with van der Waals surface area (Å²) in [6.45, 7) is 4.77. The zero-order valence-corrected chi connectivity index (χ0v) is 15.1. The van der Waals surface area contributed by atoms with Crippen molar-refractivity contribution in [2.75, 3.05) is 32.8 Å². The Bertz CT molecular complexity index is 571. The van der Waals surface area contributed by atoms with Crippen LogP contribution in [-0.2, 0) is 16.1 Å². The molecular formula is C17H23Cl2N3O2. The van der Waals surface area contributed by atoms with Crippen LogP contribution in [0.4, 0.5) is 0 Å². The first kappa shape index (κ1) is 18.0. The van der Waals surface area contributed by atoms with Gasteiger partial charge in [-0.3, -0.25) is 9.69 Å². The minimum atomic E-state index is -0.354. The number of halogens is 2. The van der Waals surface area contributed by atoms with Crippen LogP contribution in [0.25, 0.3) is 0 Å². The second-order valence-electron chi connectivity index (χ2n) is 6.37. The zero-order valence-electron chi connectivity index (χ0n) is 13.6. The SMILES string of the molecule is O=C(NC1CCN(Cc2ccc(Cl)c(Cl)c2)CC1)C1CNCCO1. The number of piperidine rings is 1. The lowest BCUT2D eigenvalue weighted by atomic mass is 10.0. The molecular weight excluding hydrogens is 349 g/mol. The molecule has 3 rings (SSSR count). The Morgan fingerprint density at radius 1 is 1.29 bits per heavy atom. The fraction of sp³-hybridized carbons (Fsp3) is 0.588. The quantitative estimate of drug-likeness (QED) is 0.850. The molecule has 0 bridgehead atoms. The predicted molar refractivity (Wildman–Crippen MR) is 95.5 cm³/mol. The molecule has 2 aliphatic heterocycles. The zero-order chi connectivity index (χ0) is 16.9. The van der Waals surface area contributed by atoms with Crippen LogP contribution in [-0.4, -0.2) is 55.7 Å². The maximum atomic E-state index is 12.2. The highest BCUT2D eigenvalue weighted by molar-refractivity contribution is 6.42. The number of ether oxygens (including phenoxy) is 1. The summed E-state index contributed by atoms with van der Waals surface area (Å²) in [6, 6.07) is 6.00. The van der Waals surface area contributed by atoms with Crippen molar-refractivity contribution in [3.8, 4) is 0 Å². The van der Waals surface area contributed by atoms with Gasteiger partial charge in [0.1, 0.15) is 6.10 Å². The highest BCUT2D eigenvalue weighted by Gasteiger charge is 2.26. The lowest BCUT2D eigenvalue weighted by Gasteiger charge is -2.33. The minimum absolute atomic E-state index is 0.00475. The molecule has 0 radical (unpaired) electrons. The molecule has 0 spiro atoms. The van der Waals surface area contributed by atoms with Gasteiger partial charge in [-0.05, 0) is 30.5 Å². The second kappa shape index (κ2) is 8.50. The molecule has 5 nitrogen and oxygen atoms in total. The van der Waals surface area contributed by atoms with Gasteiger partial charge in [-0.25, -0.2) is 0 Å². The number of hydrogen-bond donors (Lipinski definition) is 2. The van der Waals surface area contributed by atoms with E-state index >= 15 is 0 Å². The lowest BCUT2D eigenvalue weighted by molar-refractivity contribution is -0.135. The third kappa shape index (κ3) is 4.83. The summed E-state index contributed by atoms with van der Waals surface area (Å²) in [5.74, 6) is 0.00475. The number of carbonyl (C=O) groups excluding carboxylic acids is 1. The van der Waals surface area contributed by atoms with Crippen molar-refractivity contribution in [2.45, 2.75) is 31.5 Å². The maximum Gasteiger partial charge on any atom is 0.250 e. The van der Waals surface area contributed by atoms with Gasteiger partial charge in [0.05, 0.1) is 16.7 Å². The molecule has 1 atom stereocenters. The fourth-order valence-corrected chi connectivity index (χ4v) is 3.48. The molecule has 7 heteroatoms. The van der Waals surface area contributed by atoms with Crippen LogP contribution in [0.5, 0.6) is 0 Å². The number of likely N-dealkylation sites (tertiary alicyclic amines) is 1. The Labute approximate surface area is 152 Å². The average molecular weight is 372 g/mol. The molecule has 2 aliphatic rings. The predicted octanol–water partition coefficient (Wildman–Crippen LogP) is 2.06. The van der Waals surface area contributed by atoms with Crippen molar-refractivity contribution in [3.63, 3.8) is 0 Å². The molecule has 1 aromatic rings. The monoisotopic (exact) mass is 371 g/mol. The highest BCUT2D eigenvalue weighted by atomic mass is 35.5. The van der Waals surface area contributed by atoms with Gasteiger partial charge in [0.2, 0.25) is 0 Å². The standard InChI is InChI=1S/C17H23Cl2N3O2/c18-14-2-1-12(9-15(14)19)11-22-6-3-13(4-7-22)21-17(23)16-10-20-5-8-24-16/h1-2,9,13,16,20H,3-8,10-11H2,(H,21,23). The van der Waals surface area contributed by atoms with Crippen LogP contribution in [0.1, 0.15) is 18.4 Å². The van der Waals surface area contributed by atoms with Crippen molar-refractivity contribution in [2.24, 2.45) is 0 Å². The lowest BCUT2D eigenvalue weighted by Crippen LogP contribution is -2.52. The number of amides is 1.